The van der Waals surface area contributed by atoms with Gasteiger partial charge in [-0.1, -0.05) is 41.8 Å². The van der Waals surface area contributed by atoms with E-state index in [-0.39, 0.29) is 0 Å². The van der Waals surface area contributed by atoms with Crippen molar-refractivity contribution in [1.29, 1.82) is 0 Å². The lowest BCUT2D eigenvalue weighted by molar-refractivity contribution is 0.330. The second-order valence-electron chi connectivity index (χ2n) is 5.45. The average Bonchev–Trinajstić information content (AvgIpc) is 2.76. The minimum absolute atomic E-state index is 0.416. The molecule has 2 heteroatoms. The van der Waals surface area contributed by atoms with E-state index in [9.17, 15) is 0 Å². The van der Waals surface area contributed by atoms with Crippen LogP contribution in [0.25, 0.3) is 0 Å². The van der Waals surface area contributed by atoms with Crippen molar-refractivity contribution in [3.63, 3.8) is 0 Å². The maximum atomic E-state index is 5.27. The molecule has 1 unspecified atom stereocenters. The zero-order valence-electron chi connectivity index (χ0n) is 10.9. The highest BCUT2D eigenvalue weighted by Crippen LogP contribution is 2.52. The smallest absolute Gasteiger partial charge is 0.119 e. The van der Waals surface area contributed by atoms with Crippen molar-refractivity contribution in [2.24, 2.45) is 5.41 Å². The largest absolute Gasteiger partial charge is 0.497 e. The lowest BCUT2D eigenvalue weighted by Crippen LogP contribution is -2.18. The number of benzene rings is 1. The molecule has 1 nitrogen and oxygen atoms in total. The molecule has 1 fully saturated rings. The summed E-state index contributed by atoms with van der Waals surface area (Å²) in [6.07, 6.45) is 5.39. The predicted octanol–water partition coefficient (Wildman–Crippen LogP) is 5.02. The molecule has 1 aliphatic carbocycles. The van der Waals surface area contributed by atoms with Gasteiger partial charge in [0.1, 0.15) is 5.75 Å². The second-order valence-corrected chi connectivity index (χ2v) is 6.36. The maximum Gasteiger partial charge on any atom is 0.119 e. The summed E-state index contributed by atoms with van der Waals surface area (Å²) in [6, 6.07) is 6.40. The summed E-state index contributed by atoms with van der Waals surface area (Å²) in [5.74, 6) is 0.947. The molecule has 1 aliphatic rings. The monoisotopic (exact) mass is 296 g/mol. The van der Waals surface area contributed by atoms with Gasteiger partial charge in [0.05, 0.1) is 7.11 Å². The molecule has 0 amide bonds. The van der Waals surface area contributed by atoms with E-state index in [0.29, 0.717) is 10.2 Å². The molecular formula is C15H21BrO. The highest BCUT2D eigenvalue weighted by atomic mass is 79.9. The van der Waals surface area contributed by atoms with Crippen molar-refractivity contribution < 1.29 is 4.74 Å². The molecule has 0 N–H and O–H groups in total. The number of hydrogen-bond donors (Lipinski definition) is 0. The van der Waals surface area contributed by atoms with Crippen LogP contribution < -0.4 is 4.74 Å². The SMILES string of the molecule is COc1ccc(C(Br)C2(C)CCCC2)c(C)c1. The number of halogens is 1. The molecule has 1 aromatic rings. The number of methoxy groups -OCH3 is 1. The van der Waals surface area contributed by atoms with Crippen molar-refractivity contribution in [2.75, 3.05) is 7.11 Å². The van der Waals surface area contributed by atoms with Gasteiger partial charge in [0, 0.05) is 4.83 Å². The first-order valence-corrected chi connectivity index (χ1v) is 7.27. The van der Waals surface area contributed by atoms with E-state index < -0.39 is 0 Å². The summed E-state index contributed by atoms with van der Waals surface area (Å²) in [5.41, 5.74) is 3.15. The molecule has 0 aromatic heterocycles. The van der Waals surface area contributed by atoms with Gasteiger partial charge in [0.25, 0.3) is 0 Å². The molecule has 0 heterocycles. The Morgan fingerprint density at radius 3 is 2.47 bits per heavy atom. The van der Waals surface area contributed by atoms with Gasteiger partial charge in [-0.05, 0) is 48.4 Å². The molecule has 1 saturated carbocycles. The summed E-state index contributed by atoms with van der Waals surface area (Å²) in [7, 11) is 1.72. The van der Waals surface area contributed by atoms with Gasteiger partial charge in [-0.3, -0.25) is 0 Å². The Morgan fingerprint density at radius 1 is 1.29 bits per heavy atom. The molecule has 0 radical (unpaired) electrons. The molecule has 1 atom stereocenters. The van der Waals surface area contributed by atoms with Gasteiger partial charge >= 0.3 is 0 Å². The number of alkyl halides is 1. The lowest BCUT2D eigenvalue weighted by Gasteiger charge is -2.31. The molecule has 1 aromatic carbocycles. The van der Waals surface area contributed by atoms with E-state index in [4.69, 9.17) is 4.74 Å². The van der Waals surface area contributed by atoms with Crippen LogP contribution in [0.1, 0.15) is 48.6 Å². The Bertz CT molecular complexity index is 394. The number of aryl methyl sites for hydroxylation is 1. The van der Waals surface area contributed by atoms with Gasteiger partial charge in [0.15, 0.2) is 0 Å². The fraction of sp³-hybridized carbons (Fsp3) is 0.600. The van der Waals surface area contributed by atoms with E-state index in [2.05, 4.69) is 48.0 Å². The van der Waals surface area contributed by atoms with Crippen LogP contribution in [0.2, 0.25) is 0 Å². The third kappa shape index (κ3) is 2.52. The second kappa shape index (κ2) is 5.01. The van der Waals surface area contributed by atoms with Crippen LogP contribution >= 0.6 is 15.9 Å². The predicted molar refractivity (Wildman–Crippen MR) is 76.0 cm³/mol. The summed E-state index contributed by atoms with van der Waals surface area (Å²) in [4.78, 5) is 0.461. The first-order chi connectivity index (χ1) is 8.07. The van der Waals surface area contributed by atoms with Crippen LogP contribution in [0.4, 0.5) is 0 Å². The zero-order chi connectivity index (χ0) is 12.5. The molecule has 2 rings (SSSR count). The Kier molecular flexibility index (Phi) is 3.82. The number of ether oxygens (including phenoxy) is 1. The number of rotatable bonds is 3. The maximum absolute atomic E-state index is 5.27. The first kappa shape index (κ1) is 12.9. The van der Waals surface area contributed by atoms with Crippen LogP contribution in [0.15, 0.2) is 18.2 Å². The van der Waals surface area contributed by atoms with Gasteiger partial charge in [-0.2, -0.15) is 0 Å². The van der Waals surface area contributed by atoms with Crippen molar-refractivity contribution in [1.82, 2.24) is 0 Å². The molecule has 94 valence electrons. The van der Waals surface area contributed by atoms with Crippen LogP contribution in [0, 0.1) is 12.3 Å². The highest BCUT2D eigenvalue weighted by molar-refractivity contribution is 9.09. The Balaban J connectivity index is 2.27. The molecule has 0 saturated heterocycles. The van der Waals surface area contributed by atoms with Crippen molar-refractivity contribution in [3.8, 4) is 5.75 Å². The van der Waals surface area contributed by atoms with E-state index >= 15 is 0 Å². The third-order valence-electron chi connectivity index (χ3n) is 4.11. The third-order valence-corrected chi connectivity index (χ3v) is 5.71. The van der Waals surface area contributed by atoms with E-state index in [1.165, 1.54) is 36.8 Å². The summed E-state index contributed by atoms with van der Waals surface area (Å²) >= 11 is 3.93. The zero-order valence-corrected chi connectivity index (χ0v) is 12.5. The molecule has 0 spiro atoms. The van der Waals surface area contributed by atoms with Gasteiger partial charge in [-0.25, -0.2) is 0 Å². The quantitative estimate of drug-likeness (QED) is 0.712. The van der Waals surface area contributed by atoms with E-state index in [1.807, 2.05) is 0 Å². The van der Waals surface area contributed by atoms with Gasteiger partial charge in [0.2, 0.25) is 0 Å². The minimum atomic E-state index is 0.416. The Morgan fingerprint density at radius 2 is 1.94 bits per heavy atom. The topological polar surface area (TPSA) is 9.23 Å². The van der Waals surface area contributed by atoms with Crippen molar-refractivity contribution in [2.45, 2.75) is 44.4 Å². The van der Waals surface area contributed by atoms with Crippen LogP contribution in [-0.4, -0.2) is 7.11 Å². The lowest BCUT2D eigenvalue weighted by atomic mass is 9.81. The fourth-order valence-corrected chi connectivity index (χ4v) is 3.84. The Hall–Kier alpha value is -0.500. The summed E-state index contributed by atoms with van der Waals surface area (Å²) in [6.45, 7) is 4.58. The molecule has 17 heavy (non-hydrogen) atoms. The minimum Gasteiger partial charge on any atom is -0.497 e. The average molecular weight is 297 g/mol. The highest BCUT2D eigenvalue weighted by Gasteiger charge is 2.36. The van der Waals surface area contributed by atoms with Crippen LogP contribution in [0.3, 0.4) is 0 Å². The summed E-state index contributed by atoms with van der Waals surface area (Å²) in [5, 5.41) is 0. The van der Waals surface area contributed by atoms with E-state index in [1.54, 1.807) is 7.11 Å². The van der Waals surface area contributed by atoms with E-state index in [0.717, 1.165) is 5.75 Å². The summed E-state index contributed by atoms with van der Waals surface area (Å²) < 4.78 is 5.27. The number of hydrogen-bond acceptors (Lipinski definition) is 1. The normalized spacial score (nSPS) is 20.2. The fourth-order valence-electron chi connectivity index (χ4n) is 2.87. The van der Waals surface area contributed by atoms with Crippen LogP contribution in [-0.2, 0) is 0 Å². The molecule has 0 aliphatic heterocycles. The van der Waals surface area contributed by atoms with Gasteiger partial charge < -0.3 is 4.74 Å². The van der Waals surface area contributed by atoms with Crippen molar-refractivity contribution >= 4 is 15.9 Å². The molecule has 0 bridgehead atoms. The standard InChI is InChI=1S/C15H21BrO/c1-11-10-12(17-3)6-7-13(11)14(16)15(2)8-4-5-9-15/h6-7,10,14H,4-5,8-9H2,1-3H3. The van der Waals surface area contributed by atoms with Crippen LogP contribution in [0.5, 0.6) is 5.75 Å². The first-order valence-electron chi connectivity index (χ1n) is 6.35. The molecular weight excluding hydrogens is 276 g/mol. The Labute approximate surface area is 113 Å². The van der Waals surface area contributed by atoms with Crippen molar-refractivity contribution in [3.05, 3.63) is 29.3 Å². The van der Waals surface area contributed by atoms with Gasteiger partial charge in [-0.15, -0.1) is 0 Å².